The first-order valence-electron chi connectivity index (χ1n) is 5.63. The zero-order valence-corrected chi connectivity index (χ0v) is 10.4. The normalized spacial score (nSPS) is 10.3. The van der Waals surface area contributed by atoms with Crippen molar-refractivity contribution in [2.75, 3.05) is 12.8 Å². The van der Waals surface area contributed by atoms with Crippen molar-refractivity contribution in [1.82, 2.24) is 0 Å². The molecule has 0 aromatic heterocycles. The van der Waals surface area contributed by atoms with Gasteiger partial charge >= 0.3 is 0 Å². The molecule has 2 rings (SSSR count). The maximum Gasteiger partial charge on any atom is 0.141 e. The minimum atomic E-state index is 0.670. The summed E-state index contributed by atoms with van der Waals surface area (Å²) in [5.74, 6) is 0.720. The van der Waals surface area contributed by atoms with E-state index in [0.717, 1.165) is 11.3 Å². The van der Waals surface area contributed by atoms with Gasteiger partial charge in [-0.2, -0.15) is 0 Å². The first-order chi connectivity index (χ1) is 8.11. The average molecular weight is 227 g/mol. The van der Waals surface area contributed by atoms with Crippen LogP contribution in [0.25, 0.3) is 11.1 Å². The van der Waals surface area contributed by atoms with Crippen LogP contribution in [0.4, 0.5) is 5.69 Å². The molecule has 2 aromatic rings. The molecule has 0 amide bonds. The van der Waals surface area contributed by atoms with Crippen molar-refractivity contribution in [1.29, 1.82) is 0 Å². The third-order valence-electron chi connectivity index (χ3n) is 3.07. The zero-order valence-electron chi connectivity index (χ0n) is 10.4. The topological polar surface area (TPSA) is 35.2 Å². The summed E-state index contributed by atoms with van der Waals surface area (Å²) in [4.78, 5) is 0. The molecule has 0 saturated carbocycles. The van der Waals surface area contributed by atoms with Gasteiger partial charge in [-0.3, -0.25) is 0 Å². The number of aryl methyl sites for hydroxylation is 2. The van der Waals surface area contributed by atoms with Crippen LogP contribution in [0.1, 0.15) is 11.1 Å². The fourth-order valence-corrected chi connectivity index (χ4v) is 1.83. The smallest absolute Gasteiger partial charge is 0.141 e. The summed E-state index contributed by atoms with van der Waals surface area (Å²) in [5.41, 5.74) is 11.5. The molecule has 0 spiro atoms. The van der Waals surface area contributed by atoms with Gasteiger partial charge in [0.2, 0.25) is 0 Å². The van der Waals surface area contributed by atoms with Gasteiger partial charge in [0.05, 0.1) is 12.8 Å². The predicted molar refractivity (Wildman–Crippen MR) is 72.3 cm³/mol. The summed E-state index contributed by atoms with van der Waals surface area (Å²) in [6, 6.07) is 12.3. The third-order valence-corrected chi connectivity index (χ3v) is 3.07. The molecule has 0 radical (unpaired) electrons. The van der Waals surface area contributed by atoms with E-state index in [2.05, 4.69) is 32.0 Å². The molecule has 0 aliphatic heterocycles. The Morgan fingerprint density at radius 2 is 1.53 bits per heavy atom. The molecule has 0 bridgehead atoms. The number of benzene rings is 2. The lowest BCUT2D eigenvalue weighted by molar-refractivity contribution is 0.417. The van der Waals surface area contributed by atoms with E-state index in [-0.39, 0.29) is 0 Å². The van der Waals surface area contributed by atoms with Gasteiger partial charge in [0.1, 0.15) is 5.75 Å². The Morgan fingerprint density at radius 3 is 2.12 bits per heavy atom. The number of ether oxygens (including phenoxy) is 1. The van der Waals surface area contributed by atoms with Crippen LogP contribution in [0.2, 0.25) is 0 Å². The van der Waals surface area contributed by atoms with Gasteiger partial charge in [-0.15, -0.1) is 0 Å². The van der Waals surface area contributed by atoms with Crippen LogP contribution in [0.3, 0.4) is 0 Å². The Balaban J connectivity index is 2.46. The molecular formula is C15H17NO. The van der Waals surface area contributed by atoms with Crippen molar-refractivity contribution < 1.29 is 4.74 Å². The van der Waals surface area contributed by atoms with Gasteiger partial charge in [-0.05, 0) is 48.2 Å². The molecule has 0 aliphatic rings. The highest BCUT2D eigenvalue weighted by Gasteiger charge is 2.03. The van der Waals surface area contributed by atoms with E-state index in [4.69, 9.17) is 10.5 Å². The van der Waals surface area contributed by atoms with Crippen molar-refractivity contribution in [2.45, 2.75) is 13.8 Å². The molecule has 2 nitrogen and oxygen atoms in total. The number of nitrogens with two attached hydrogens (primary N) is 1. The first kappa shape index (κ1) is 11.5. The quantitative estimate of drug-likeness (QED) is 0.796. The van der Waals surface area contributed by atoms with Crippen LogP contribution < -0.4 is 10.5 Å². The van der Waals surface area contributed by atoms with E-state index < -0.39 is 0 Å². The van der Waals surface area contributed by atoms with E-state index in [1.165, 1.54) is 16.7 Å². The maximum atomic E-state index is 5.91. The highest BCUT2D eigenvalue weighted by atomic mass is 16.5. The van der Waals surface area contributed by atoms with Crippen LogP contribution in [0.15, 0.2) is 36.4 Å². The maximum absolute atomic E-state index is 5.91. The minimum Gasteiger partial charge on any atom is -0.495 e. The third kappa shape index (κ3) is 2.26. The molecule has 0 unspecified atom stereocenters. The van der Waals surface area contributed by atoms with Gasteiger partial charge in [-0.25, -0.2) is 0 Å². The number of hydrogen-bond acceptors (Lipinski definition) is 2. The van der Waals surface area contributed by atoms with E-state index in [0.29, 0.717) is 5.69 Å². The van der Waals surface area contributed by atoms with Crippen molar-refractivity contribution in [3.05, 3.63) is 47.5 Å². The van der Waals surface area contributed by atoms with E-state index >= 15 is 0 Å². The second-order valence-electron chi connectivity index (χ2n) is 4.26. The van der Waals surface area contributed by atoms with Gasteiger partial charge in [0.25, 0.3) is 0 Å². The largest absolute Gasteiger partial charge is 0.495 e. The number of hydrogen-bond donors (Lipinski definition) is 1. The predicted octanol–water partition coefficient (Wildman–Crippen LogP) is 3.56. The molecule has 0 fully saturated rings. The summed E-state index contributed by atoms with van der Waals surface area (Å²) in [5, 5.41) is 0. The fourth-order valence-electron chi connectivity index (χ4n) is 1.83. The highest BCUT2D eigenvalue weighted by Crippen LogP contribution is 2.29. The number of methoxy groups -OCH3 is 1. The zero-order chi connectivity index (χ0) is 12.4. The molecule has 2 N–H and O–H groups in total. The van der Waals surface area contributed by atoms with Crippen LogP contribution in [-0.4, -0.2) is 7.11 Å². The van der Waals surface area contributed by atoms with Gasteiger partial charge in [0, 0.05) is 0 Å². The molecular weight excluding hydrogens is 210 g/mol. The summed E-state index contributed by atoms with van der Waals surface area (Å²) in [6.07, 6.45) is 0. The Labute approximate surface area is 102 Å². The molecule has 0 atom stereocenters. The van der Waals surface area contributed by atoms with Crippen molar-refractivity contribution in [3.8, 4) is 16.9 Å². The standard InChI is InChI=1S/C15H17NO/c1-10-4-5-12(8-11(10)2)13-6-7-15(17-3)14(16)9-13/h4-9H,16H2,1-3H3. The Kier molecular flexibility index (Phi) is 3.05. The Morgan fingerprint density at radius 1 is 0.882 bits per heavy atom. The van der Waals surface area contributed by atoms with E-state index in [1.54, 1.807) is 7.11 Å². The Bertz CT molecular complexity index is 547. The summed E-state index contributed by atoms with van der Waals surface area (Å²) >= 11 is 0. The summed E-state index contributed by atoms with van der Waals surface area (Å²) in [6.45, 7) is 4.23. The monoisotopic (exact) mass is 227 g/mol. The lowest BCUT2D eigenvalue weighted by atomic mass is 10.00. The summed E-state index contributed by atoms with van der Waals surface area (Å²) in [7, 11) is 1.63. The molecule has 2 heteroatoms. The van der Waals surface area contributed by atoms with Crippen LogP contribution in [-0.2, 0) is 0 Å². The molecule has 0 heterocycles. The lowest BCUT2D eigenvalue weighted by Gasteiger charge is -2.09. The number of nitrogen functional groups attached to an aromatic ring is 1. The first-order valence-corrected chi connectivity index (χ1v) is 5.63. The number of rotatable bonds is 2. The SMILES string of the molecule is COc1ccc(-c2ccc(C)c(C)c2)cc1N. The fraction of sp³-hybridized carbons (Fsp3) is 0.200. The van der Waals surface area contributed by atoms with Crippen LogP contribution >= 0.6 is 0 Å². The van der Waals surface area contributed by atoms with Crippen LogP contribution in [0, 0.1) is 13.8 Å². The van der Waals surface area contributed by atoms with Gasteiger partial charge in [-0.1, -0.05) is 24.3 Å². The second-order valence-corrected chi connectivity index (χ2v) is 4.26. The Hall–Kier alpha value is -1.96. The summed E-state index contributed by atoms with van der Waals surface area (Å²) < 4.78 is 5.15. The van der Waals surface area contributed by atoms with Crippen molar-refractivity contribution >= 4 is 5.69 Å². The lowest BCUT2D eigenvalue weighted by Crippen LogP contribution is -1.92. The molecule has 2 aromatic carbocycles. The van der Waals surface area contributed by atoms with Crippen molar-refractivity contribution in [3.63, 3.8) is 0 Å². The highest BCUT2D eigenvalue weighted by molar-refractivity contribution is 5.71. The van der Waals surface area contributed by atoms with E-state index in [9.17, 15) is 0 Å². The average Bonchev–Trinajstić information content (AvgIpc) is 2.32. The van der Waals surface area contributed by atoms with E-state index in [1.807, 2.05) is 18.2 Å². The molecule has 0 saturated heterocycles. The molecule has 88 valence electrons. The van der Waals surface area contributed by atoms with Gasteiger partial charge < -0.3 is 10.5 Å². The van der Waals surface area contributed by atoms with Crippen LogP contribution in [0.5, 0.6) is 5.75 Å². The molecule has 0 aliphatic carbocycles. The van der Waals surface area contributed by atoms with Gasteiger partial charge in [0.15, 0.2) is 0 Å². The number of anilines is 1. The second kappa shape index (κ2) is 4.50. The van der Waals surface area contributed by atoms with Crippen molar-refractivity contribution in [2.24, 2.45) is 0 Å². The minimum absolute atomic E-state index is 0.670. The molecule has 17 heavy (non-hydrogen) atoms.